The highest BCUT2D eigenvalue weighted by Gasteiger charge is 2.14. The zero-order valence-electron chi connectivity index (χ0n) is 14.7. The number of halogens is 1. The van der Waals surface area contributed by atoms with Crippen molar-refractivity contribution in [2.24, 2.45) is 0 Å². The highest BCUT2D eigenvalue weighted by Crippen LogP contribution is 2.28. The average Bonchev–Trinajstić information content (AvgIpc) is 2.71. The van der Waals surface area contributed by atoms with Gasteiger partial charge in [0.2, 0.25) is 0 Å². The minimum absolute atomic E-state index is 0.247. The molecule has 27 heavy (non-hydrogen) atoms. The molecule has 0 aliphatic carbocycles. The van der Waals surface area contributed by atoms with E-state index >= 15 is 0 Å². The number of ether oxygens (including phenoxy) is 2. The second-order valence-electron chi connectivity index (χ2n) is 5.93. The molecule has 2 aromatic carbocycles. The van der Waals surface area contributed by atoms with Crippen molar-refractivity contribution in [1.29, 1.82) is 0 Å². The van der Waals surface area contributed by atoms with Crippen LogP contribution < -0.4 is 10.3 Å². The molecule has 1 aromatic heterocycles. The molecular formula is C21H18BrNO4. The van der Waals surface area contributed by atoms with E-state index in [0.29, 0.717) is 28.8 Å². The van der Waals surface area contributed by atoms with E-state index in [-0.39, 0.29) is 11.5 Å². The number of hydrogen-bond donors (Lipinski definition) is 1. The van der Waals surface area contributed by atoms with E-state index < -0.39 is 0 Å². The Balaban J connectivity index is 1.83. The van der Waals surface area contributed by atoms with Crippen LogP contribution in [-0.2, 0) is 17.8 Å². The first kappa shape index (κ1) is 18.9. The summed E-state index contributed by atoms with van der Waals surface area (Å²) >= 11 is 3.33. The molecule has 3 rings (SSSR count). The van der Waals surface area contributed by atoms with Crippen LogP contribution in [0.5, 0.6) is 5.75 Å². The van der Waals surface area contributed by atoms with Gasteiger partial charge in [-0.3, -0.25) is 4.79 Å². The third-order valence-corrected chi connectivity index (χ3v) is 4.78. The fraction of sp³-hybridized carbons (Fsp3) is 0.143. The molecule has 0 saturated carbocycles. The minimum Gasteiger partial charge on any atom is -0.487 e. The van der Waals surface area contributed by atoms with Crippen molar-refractivity contribution >= 4 is 21.9 Å². The summed E-state index contributed by atoms with van der Waals surface area (Å²) in [7, 11) is 1.35. The Kier molecular flexibility index (Phi) is 6.08. The van der Waals surface area contributed by atoms with E-state index in [1.807, 2.05) is 42.5 Å². The quantitative estimate of drug-likeness (QED) is 0.601. The number of nitrogens with one attached hydrogen (secondary N) is 1. The lowest BCUT2D eigenvalue weighted by Crippen LogP contribution is -2.11. The second-order valence-corrected chi connectivity index (χ2v) is 6.72. The standard InChI is InChI=1S/C21H18BrNO4/c1-26-21(25)16-9-7-14(8-10-16)11-17-12-23-20(24)18(22)19(17)27-13-15-5-3-2-4-6-15/h2-10,12H,11,13H2,1H3,(H,23,24). The normalized spacial score (nSPS) is 10.4. The summed E-state index contributed by atoms with van der Waals surface area (Å²) in [5.74, 6) is 0.139. The summed E-state index contributed by atoms with van der Waals surface area (Å²) in [4.78, 5) is 26.2. The maximum absolute atomic E-state index is 12.0. The van der Waals surface area contributed by atoms with Crippen molar-refractivity contribution in [3.63, 3.8) is 0 Å². The topological polar surface area (TPSA) is 68.4 Å². The summed E-state index contributed by atoms with van der Waals surface area (Å²) in [5, 5.41) is 0. The Bertz CT molecular complexity index is 981. The van der Waals surface area contributed by atoms with Gasteiger partial charge in [0.05, 0.1) is 12.7 Å². The van der Waals surface area contributed by atoms with Gasteiger partial charge in [0, 0.05) is 18.2 Å². The van der Waals surface area contributed by atoms with Gasteiger partial charge in [0.1, 0.15) is 16.8 Å². The highest BCUT2D eigenvalue weighted by molar-refractivity contribution is 9.10. The first-order valence-electron chi connectivity index (χ1n) is 8.32. The Morgan fingerprint density at radius 3 is 2.41 bits per heavy atom. The number of methoxy groups -OCH3 is 1. The number of esters is 1. The maximum atomic E-state index is 12.0. The van der Waals surface area contributed by atoms with Crippen LogP contribution in [0.25, 0.3) is 0 Å². The molecule has 6 heteroatoms. The smallest absolute Gasteiger partial charge is 0.337 e. The Morgan fingerprint density at radius 1 is 1.04 bits per heavy atom. The summed E-state index contributed by atoms with van der Waals surface area (Å²) in [5.41, 5.74) is 3.07. The lowest BCUT2D eigenvalue weighted by atomic mass is 10.0. The van der Waals surface area contributed by atoms with Crippen LogP contribution in [0.3, 0.4) is 0 Å². The number of rotatable bonds is 6. The van der Waals surface area contributed by atoms with Crippen LogP contribution in [0.2, 0.25) is 0 Å². The lowest BCUT2D eigenvalue weighted by molar-refractivity contribution is 0.0600. The Morgan fingerprint density at radius 2 is 1.74 bits per heavy atom. The molecule has 0 aliphatic heterocycles. The maximum Gasteiger partial charge on any atom is 0.337 e. The van der Waals surface area contributed by atoms with Crippen molar-refractivity contribution in [3.8, 4) is 5.75 Å². The SMILES string of the molecule is COC(=O)c1ccc(Cc2c[nH]c(=O)c(Br)c2OCc2ccccc2)cc1. The highest BCUT2D eigenvalue weighted by atomic mass is 79.9. The monoisotopic (exact) mass is 427 g/mol. The molecule has 0 atom stereocenters. The number of H-pyrrole nitrogens is 1. The van der Waals surface area contributed by atoms with Crippen LogP contribution >= 0.6 is 15.9 Å². The van der Waals surface area contributed by atoms with Gasteiger partial charge in [-0.05, 0) is 39.2 Å². The number of aromatic amines is 1. The largest absolute Gasteiger partial charge is 0.487 e. The van der Waals surface area contributed by atoms with Crippen molar-refractivity contribution in [2.75, 3.05) is 7.11 Å². The molecule has 5 nitrogen and oxygen atoms in total. The Hall–Kier alpha value is -2.86. The first-order valence-corrected chi connectivity index (χ1v) is 9.12. The third-order valence-electron chi connectivity index (χ3n) is 4.06. The second kappa shape index (κ2) is 8.68. The molecule has 0 spiro atoms. The summed E-state index contributed by atoms with van der Waals surface area (Å²) < 4.78 is 11.0. The molecule has 138 valence electrons. The molecule has 0 radical (unpaired) electrons. The molecule has 0 bridgehead atoms. The van der Waals surface area contributed by atoms with E-state index in [2.05, 4.69) is 20.9 Å². The summed E-state index contributed by atoms with van der Waals surface area (Å²) in [6.45, 7) is 0.358. The molecule has 0 aliphatic rings. The number of benzene rings is 2. The fourth-order valence-electron chi connectivity index (χ4n) is 2.64. The zero-order valence-corrected chi connectivity index (χ0v) is 16.3. The Labute approximate surface area is 165 Å². The van der Waals surface area contributed by atoms with Gasteiger partial charge < -0.3 is 14.5 Å². The molecule has 0 amide bonds. The molecule has 0 saturated heterocycles. The van der Waals surface area contributed by atoms with Crippen molar-refractivity contribution in [1.82, 2.24) is 4.98 Å². The number of carbonyl (C=O) groups excluding carboxylic acids is 1. The molecule has 0 unspecified atom stereocenters. The number of aromatic nitrogens is 1. The van der Waals surface area contributed by atoms with E-state index in [9.17, 15) is 9.59 Å². The number of pyridine rings is 1. The zero-order chi connectivity index (χ0) is 19.2. The predicted octanol–water partition coefficient (Wildman–Crippen LogP) is 4.09. The van der Waals surface area contributed by atoms with Crippen molar-refractivity contribution in [3.05, 3.63) is 97.9 Å². The van der Waals surface area contributed by atoms with Gasteiger partial charge in [0.15, 0.2) is 0 Å². The van der Waals surface area contributed by atoms with Gasteiger partial charge in [-0.25, -0.2) is 4.79 Å². The minimum atomic E-state index is -0.375. The summed E-state index contributed by atoms with van der Waals surface area (Å²) in [6.07, 6.45) is 2.20. The molecule has 1 N–H and O–H groups in total. The molecular weight excluding hydrogens is 410 g/mol. The van der Waals surface area contributed by atoms with Crippen LogP contribution in [0, 0.1) is 0 Å². The van der Waals surface area contributed by atoms with Crippen LogP contribution in [-0.4, -0.2) is 18.1 Å². The molecule has 0 fully saturated rings. The number of hydrogen-bond acceptors (Lipinski definition) is 4. The van der Waals surface area contributed by atoms with E-state index in [4.69, 9.17) is 9.47 Å². The van der Waals surface area contributed by atoms with E-state index in [1.165, 1.54) is 7.11 Å². The molecule has 3 aromatic rings. The van der Waals surface area contributed by atoms with Gasteiger partial charge in [-0.15, -0.1) is 0 Å². The lowest BCUT2D eigenvalue weighted by Gasteiger charge is -2.13. The van der Waals surface area contributed by atoms with Gasteiger partial charge in [-0.1, -0.05) is 42.5 Å². The molecule has 1 heterocycles. The van der Waals surface area contributed by atoms with Gasteiger partial charge in [0.25, 0.3) is 5.56 Å². The van der Waals surface area contributed by atoms with Gasteiger partial charge >= 0.3 is 5.97 Å². The summed E-state index contributed by atoms with van der Waals surface area (Å²) in [6, 6.07) is 16.9. The fourth-order valence-corrected chi connectivity index (χ4v) is 3.12. The average molecular weight is 428 g/mol. The first-order chi connectivity index (χ1) is 13.1. The van der Waals surface area contributed by atoms with Crippen molar-refractivity contribution in [2.45, 2.75) is 13.0 Å². The van der Waals surface area contributed by atoms with E-state index in [1.54, 1.807) is 18.3 Å². The van der Waals surface area contributed by atoms with E-state index in [0.717, 1.165) is 16.7 Å². The van der Waals surface area contributed by atoms with Crippen molar-refractivity contribution < 1.29 is 14.3 Å². The van der Waals surface area contributed by atoms with Gasteiger partial charge in [-0.2, -0.15) is 0 Å². The predicted molar refractivity (Wildman–Crippen MR) is 106 cm³/mol. The van der Waals surface area contributed by atoms with Crippen LogP contribution in [0.15, 0.2) is 70.1 Å². The number of carbonyl (C=O) groups is 1. The van der Waals surface area contributed by atoms with Crippen LogP contribution in [0.4, 0.5) is 0 Å². The van der Waals surface area contributed by atoms with Crippen LogP contribution in [0.1, 0.15) is 27.0 Å². The third kappa shape index (κ3) is 4.65.